The number of nitrogens with one attached hydrogen (secondary N) is 1. The number of fused-ring (bicyclic) bond motifs is 1. The van der Waals surface area contributed by atoms with Crippen molar-refractivity contribution >= 4 is 16.7 Å². The summed E-state index contributed by atoms with van der Waals surface area (Å²) >= 11 is 0. The van der Waals surface area contributed by atoms with Crippen LogP contribution in [0.4, 0.5) is 19.0 Å². The highest BCUT2D eigenvalue weighted by Crippen LogP contribution is 2.34. The number of nitriles is 1. The molecule has 0 aliphatic heterocycles. The Kier molecular flexibility index (Phi) is 4.86. The minimum Gasteiger partial charge on any atom is -0.404 e. The van der Waals surface area contributed by atoms with Gasteiger partial charge in [-0.15, -0.1) is 13.2 Å². The molecule has 1 aliphatic rings. The topological polar surface area (TPSA) is 79.9 Å². The van der Waals surface area contributed by atoms with Crippen LogP contribution >= 0.6 is 0 Å². The number of alkyl halides is 3. The van der Waals surface area contributed by atoms with E-state index < -0.39 is 17.8 Å². The van der Waals surface area contributed by atoms with Crippen molar-refractivity contribution in [1.29, 1.82) is 5.26 Å². The smallest absolute Gasteiger partial charge is 0.404 e. The summed E-state index contributed by atoms with van der Waals surface area (Å²) in [6.45, 7) is 2.38. The minimum atomic E-state index is -4.98. The average Bonchev–Trinajstić information content (AvgIpc) is 3.50. The highest BCUT2D eigenvalue weighted by atomic mass is 19.4. The fourth-order valence-electron chi connectivity index (χ4n) is 3.29. The van der Waals surface area contributed by atoms with E-state index in [4.69, 9.17) is 0 Å². The molecular weight excluding hydrogens is 397 g/mol. The SMILES string of the molecule is Cc1ccccc1-n1c(=O)nc(NCC2CC2)c2cc(C#N)c(OC(F)(F)F)cc21.[HH]. The first kappa shape index (κ1) is 19.8. The van der Waals surface area contributed by atoms with Crippen LogP contribution in [0.1, 0.15) is 25.4 Å². The third-order valence-electron chi connectivity index (χ3n) is 4.95. The fourth-order valence-corrected chi connectivity index (χ4v) is 3.29. The number of aromatic nitrogens is 2. The standard InChI is InChI=1S/C21H17F3N4O2.H2/c1-12-4-2-3-5-16(12)28-17-9-18(30-21(22,23)24)14(10-25)8-15(17)19(27-20(28)29)26-11-13-6-7-13;/h2-5,8-9,13H,6-7,11H2,1H3,(H,26,27,29);1H. The van der Waals surface area contributed by atoms with Crippen molar-refractivity contribution in [2.24, 2.45) is 5.92 Å². The summed E-state index contributed by atoms with van der Waals surface area (Å²) in [6, 6.07) is 11.0. The van der Waals surface area contributed by atoms with Crippen LogP contribution in [0.15, 0.2) is 41.2 Å². The molecule has 1 saturated carbocycles. The van der Waals surface area contributed by atoms with Crippen molar-refractivity contribution in [3.63, 3.8) is 0 Å². The Bertz CT molecular complexity index is 1230. The van der Waals surface area contributed by atoms with Gasteiger partial charge in [0.1, 0.15) is 17.6 Å². The summed E-state index contributed by atoms with van der Waals surface area (Å²) in [5, 5.41) is 12.8. The molecule has 6 nitrogen and oxygen atoms in total. The van der Waals surface area contributed by atoms with Gasteiger partial charge in [0.25, 0.3) is 0 Å². The molecule has 9 heteroatoms. The molecule has 0 radical (unpaired) electrons. The Morgan fingerprint density at radius 1 is 1.33 bits per heavy atom. The number of halogens is 3. The number of anilines is 1. The second-order valence-corrected chi connectivity index (χ2v) is 7.21. The maximum atomic E-state index is 12.9. The van der Waals surface area contributed by atoms with Crippen molar-refractivity contribution < 1.29 is 19.3 Å². The van der Waals surface area contributed by atoms with Gasteiger partial charge in [0.05, 0.1) is 16.8 Å². The van der Waals surface area contributed by atoms with Crippen molar-refractivity contribution in [1.82, 2.24) is 9.55 Å². The second kappa shape index (κ2) is 7.37. The fraction of sp³-hybridized carbons (Fsp3) is 0.286. The van der Waals surface area contributed by atoms with E-state index in [9.17, 15) is 23.2 Å². The van der Waals surface area contributed by atoms with Crippen LogP contribution in [0.2, 0.25) is 0 Å². The van der Waals surface area contributed by atoms with Crippen LogP contribution in [0.25, 0.3) is 16.6 Å². The molecule has 1 aromatic heterocycles. The molecule has 3 aromatic rings. The van der Waals surface area contributed by atoms with E-state index in [0.29, 0.717) is 23.5 Å². The van der Waals surface area contributed by atoms with Crippen LogP contribution < -0.4 is 15.7 Å². The highest BCUT2D eigenvalue weighted by Gasteiger charge is 2.33. The van der Waals surface area contributed by atoms with E-state index in [0.717, 1.165) is 24.5 Å². The van der Waals surface area contributed by atoms with Crippen molar-refractivity contribution in [3.8, 4) is 17.5 Å². The molecule has 30 heavy (non-hydrogen) atoms. The average molecular weight is 416 g/mol. The molecule has 0 unspecified atom stereocenters. The van der Waals surface area contributed by atoms with E-state index >= 15 is 0 Å². The van der Waals surface area contributed by atoms with Gasteiger partial charge in [0.2, 0.25) is 0 Å². The van der Waals surface area contributed by atoms with Crippen LogP contribution in [0, 0.1) is 24.2 Å². The molecule has 1 aliphatic carbocycles. The Hall–Kier alpha value is -3.54. The van der Waals surface area contributed by atoms with E-state index in [2.05, 4.69) is 15.0 Å². The zero-order valence-electron chi connectivity index (χ0n) is 16.0. The number of benzene rings is 2. The van der Waals surface area contributed by atoms with Gasteiger partial charge in [-0.1, -0.05) is 18.2 Å². The van der Waals surface area contributed by atoms with Crippen molar-refractivity contribution in [2.45, 2.75) is 26.1 Å². The van der Waals surface area contributed by atoms with Crippen LogP contribution in [-0.2, 0) is 0 Å². The Morgan fingerprint density at radius 2 is 2.07 bits per heavy atom. The predicted molar refractivity (Wildman–Crippen MR) is 107 cm³/mol. The normalized spacial score (nSPS) is 13.8. The lowest BCUT2D eigenvalue weighted by molar-refractivity contribution is -0.274. The largest absolute Gasteiger partial charge is 0.573 e. The minimum absolute atomic E-state index is 0. The molecule has 2 aromatic carbocycles. The molecule has 1 N–H and O–H groups in total. The first-order valence-corrected chi connectivity index (χ1v) is 9.33. The van der Waals surface area contributed by atoms with Gasteiger partial charge in [-0.25, -0.2) is 4.79 Å². The van der Waals surface area contributed by atoms with Gasteiger partial charge < -0.3 is 10.1 Å². The second-order valence-electron chi connectivity index (χ2n) is 7.21. The summed E-state index contributed by atoms with van der Waals surface area (Å²) in [5.41, 5.74) is 0.449. The number of para-hydroxylation sites is 1. The summed E-state index contributed by atoms with van der Waals surface area (Å²) in [6.07, 6.45) is -2.84. The van der Waals surface area contributed by atoms with Crippen LogP contribution in [-0.4, -0.2) is 22.5 Å². The summed E-state index contributed by atoms with van der Waals surface area (Å²) in [5.74, 6) is 0.0456. The van der Waals surface area contributed by atoms with Crippen molar-refractivity contribution in [2.75, 3.05) is 11.9 Å². The Balaban J connectivity index is 0.00000272. The van der Waals surface area contributed by atoms with E-state index in [1.807, 2.05) is 0 Å². The Morgan fingerprint density at radius 3 is 2.70 bits per heavy atom. The quantitative estimate of drug-likeness (QED) is 0.661. The lowest BCUT2D eigenvalue weighted by atomic mass is 10.1. The lowest BCUT2D eigenvalue weighted by Crippen LogP contribution is -2.25. The first-order valence-electron chi connectivity index (χ1n) is 9.33. The first-order chi connectivity index (χ1) is 14.3. The van der Waals surface area contributed by atoms with Gasteiger partial charge in [-0.3, -0.25) is 4.57 Å². The molecule has 1 fully saturated rings. The van der Waals surface area contributed by atoms with Gasteiger partial charge in [0, 0.05) is 19.4 Å². The van der Waals surface area contributed by atoms with E-state index in [-0.39, 0.29) is 18.3 Å². The van der Waals surface area contributed by atoms with Gasteiger partial charge in [0.15, 0.2) is 0 Å². The number of hydrogen-bond acceptors (Lipinski definition) is 5. The lowest BCUT2D eigenvalue weighted by Gasteiger charge is -2.17. The third kappa shape index (κ3) is 3.94. The monoisotopic (exact) mass is 416 g/mol. The maximum absolute atomic E-state index is 12.9. The number of aryl methyl sites for hydroxylation is 1. The molecule has 0 amide bonds. The van der Waals surface area contributed by atoms with E-state index in [1.165, 1.54) is 10.6 Å². The molecule has 156 valence electrons. The van der Waals surface area contributed by atoms with Gasteiger partial charge in [-0.05, 0) is 43.4 Å². The van der Waals surface area contributed by atoms with Crippen LogP contribution in [0.3, 0.4) is 0 Å². The molecule has 0 saturated heterocycles. The van der Waals surface area contributed by atoms with Crippen molar-refractivity contribution in [3.05, 3.63) is 58.0 Å². The molecule has 1 heterocycles. The highest BCUT2D eigenvalue weighted by molar-refractivity contribution is 5.93. The van der Waals surface area contributed by atoms with Gasteiger partial charge >= 0.3 is 12.1 Å². The number of ether oxygens (including phenoxy) is 1. The molecule has 4 rings (SSSR count). The maximum Gasteiger partial charge on any atom is 0.573 e. The molecular formula is C21H19F3N4O2. The summed E-state index contributed by atoms with van der Waals surface area (Å²) < 4.78 is 44.0. The molecule has 0 atom stereocenters. The predicted octanol–water partition coefficient (Wildman–Crippen LogP) is 4.53. The summed E-state index contributed by atoms with van der Waals surface area (Å²) in [4.78, 5) is 17.0. The molecule has 0 spiro atoms. The zero-order chi connectivity index (χ0) is 21.5. The number of hydrogen-bond donors (Lipinski definition) is 1. The number of nitrogens with zero attached hydrogens (tertiary/aromatic N) is 3. The van der Waals surface area contributed by atoms with Gasteiger partial charge in [-0.2, -0.15) is 10.2 Å². The number of rotatable bonds is 5. The zero-order valence-corrected chi connectivity index (χ0v) is 16.0. The summed E-state index contributed by atoms with van der Waals surface area (Å²) in [7, 11) is 0. The third-order valence-corrected chi connectivity index (χ3v) is 4.95. The van der Waals surface area contributed by atoms with Crippen LogP contribution in [0.5, 0.6) is 5.75 Å². The Labute approximate surface area is 171 Å². The van der Waals surface area contributed by atoms with E-state index in [1.54, 1.807) is 37.3 Å². The molecule has 0 bridgehead atoms.